The van der Waals surface area contributed by atoms with E-state index in [0.717, 1.165) is 34.3 Å². The predicted molar refractivity (Wildman–Crippen MR) is 93.8 cm³/mol. The summed E-state index contributed by atoms with van der Waals surface area (Å²) in [5, 5.41) is 4.00. The van der Waals surface area contributed by atoms with Gasteiger partial charge in [-0.1, -0.05) is 18.2 Å². The van der Waals surface area contributed by atoms with Crippen molar-refractivity contribution in [1.82, 2.24) is 10.2 Å². The van der Waals surface area contributed by atoms with Crippen molar-refractivity contribution in [3.05, 3.63) is 35.2 Å². The normalized spacial score (nSPS) is 21.4. The average molecular weight is 330 g/mol. The molecule has 1 aromatic carbocycles. The van der Waals surface area contributed by atoms with Crippen LogP contribution in [0.2, 0.25) is 0 Å². The van der Waals surface area contributed by atoms with Crippen LogP contribution in [0.4, 0.5) is 0 Å². The first-order chi connectivity index (χ1) is 11.0. The number of nitrogens with zero attached hydrogens (tertiary/aromatic N) is 1. The second-order valence-corrected chi connectivity index (χ2v) is 7.48. The van der Waals surface area contributed by atoms with Crippen LogP contribution in [0.15, 0.2) is 30.3 Å². The Labute approximate surface area is 140 Å². The van der Waals surface area contributed by atoms with Crippen molar-refractivity contribution in [3.8, 4) is 0 Å². The standard InChI is InChI=1S/C18H22N2O2S/c1-3-19-17(22)18(2)9-6-10-20(12-18)16(21)15-11-13-7-4-5-8-14(13)23-15/h4-5,7-8,11H,3,6,9-10,12H2,1-2H3,(H,19,22). The van der Waals surface area contributed by atoms with Gasteiger partial charge in [0.25, 0.3) is 5.91 Å². The molecule has 122 valence electrons. The first-order valence-corrected chi connectivity index (χ1v) is 8.91. The van der Waals surface area contributed by atoms with Crippen molar-refractivity contribution in [2.45, 2.75) is 26.7 Å². The maximum Gasteiger partial charge on any atom is 0.263 e. The van der Waals surface area contributed by atoms with E-state index in [1.54, 1.807) is 0 Å². The van der Waals surface area contributed by atoms with Crippen LogP contribution in [0.3, 0.4) is 0 Å². The van der Waals surface area contributed by atoms with E-state index in [4.69, 9.17) is 0 Å². The van der Waals surface area contributed by atoms with Gasteiger partial charge in [0.2, 0.25) is 5.91 Å². The maximum atomic E-state index is 12.8. The van der Waals surface area contributed by atoms with Gasteiger partial charge in [0.05, 0.1) is 10.3 Å². The Balaban J connectivity index is 1.80. The molecular weight excluding hydrogens is 308 g/mol. The smallest absolute Gasteiger partial charge is 0.263 e. The van der Waals surface area contributed by atoms with E-state index >= 15 is 0 Å². The number of thiophene rings is 1. The summed E-state index contributed by atoms with van der Waals surface area (Å²) < 4.78 is 1.12. The fourth-order valence-corrected chi connectivity index (χ4v) is 4.25. The second-order valence-electron chi connectivity index (χ2n) is 6.40. The zero-order valence-electron chi connectivity index (χ0n) is 13.6. The van der Waals surface area contributed by atoms with Crippen LogP contribution in [0.5, 0.6) is 0 Å². The van der Waals surface area contributed by atoms with E-state index in [0.29, 0.717) is 13.1 Å². The van der Waals surface area contributed by atoms with E-state index in [1.807, 2.05) is 49.1 Å². The summed E-state index contributed by atoms with van der Waals surface area (Å²) in [6, 6.07) is 9.99. The van der Waals surface area contributed by atoms with Crippen LogP contribution >= 0.6 is 11.3 Å². The number of nitrogens with one attached hydrogen (secondary N) is 1. The molecule has 4 nitrogen and oxygen atoms in total. The second kappa shape index (κ2) is 6.32. The number of hydrogen-bond acceptors (Lipinski definition) is 3. The lowest BCUT2D eigenvalue weighted by Gasteiger charge is -2.39. The molecule has 2 heterocycles. The van der Waals surface area contributed by atoms with Crippen molar-refractivity contribution in [3.63, 3.8) is 0 Å². The maximum absolute atomic E-state index is 12.8. The quantitative estimate of drug-likeness (QED) is 0.939. The topological polar surface area (TPSA) is 49.4 Å². The molecule has 0 spiro atoms. The molecule has 0 aliphatic carbocycles. The zero-order chi connectivity index (χ0) is 16.4. The number of hydrogen-bond donors (Lipinski definition) is 1. The number of benzene rings is 1. The van der Waals surface area contributed by atoms with E-state index in [9.17, 15) is 9.59 Å². The van der Waals surface area contributed by atoms with Gasteiger partial charge in [0, 0.05) is 24.3 Å². The van der Waals surface area contributed by atoms with Crippen LogP contribution in [0.25, 0.3) is 10.1 Å². The molecule has 1 aliphatic rings. The van der Waals surface area contributed by atoms with Gasteiger partial charge in [-0.15, -0.1) is 11.3 Å². The molecule has 0 bridgehead atoms. The lowest BCUT2D eigenvalue weighted by atomic mass is 9.81. The summed E-state index contributed by atoms with van der Waals surface area (Å²) in [5.41, 5.74) is -0.486. The number of carbonyl (C=O) groups is 2. The Morgan fingerprint density at radius 2 is 2.13 bits per heavy atom. The number of amides is 2. The number of carbonyl (C=O) groups excluding carboxylic acids is 2. The van der Waals surface area contributed by atoms with Crippen LogP contribution in [-0.2, 0) is 4.79 Å². The summed E-state index contributed by atoms with van der Waals surface area (Å²) in [6.45, 7) is 5.72. The Kier molecular flexibility index (Phi) is 4.39. The molecule has 1 atom stereocenters. The van der Waals surface area contributed by atoms with Gasteiger partial charge in [-0.05, 0) is 44.2 Å². The SMILES string of the molecule is CCNC(=O)C1(C)CCCN(C(=O)c2cc3ccccc3s2)C1. The summed E-state index contributed by atoms with van der Waals surface area (Å²) in [6.07, 6.45) is 1.69. The van der Waals surface area contributed by atoms with Crippen LogP contribution in [0.1, 0.15) is 36.4 Å². The highest BCUT2D eigenvalue weighted by Crippen LogP contribution is 2.32. The first-order valence-electron chi connectivity index (χ1n) is 8.10. The van der Waals surface area contributed by atoms with Gasteiger partial charge >= 0.3 is 0 Å². The third kappa shape index (κ3) is 3.11. The van der Waals surface area contributed by atoms with E-state index in [1.165, 1.54) is 11.3 Å². The van der Waals surface area contributed by atoms with Gasteiger partial charge in [0.1, 0.15) is 0 Å². The molecule has 23 heavy (non-hydrogen) atoms. The molecule has 1 aliphatic heterocycles. The minimum absolute atomic E-state index is 0.0430. The fourth-order valence-electron chi connectivity index (χ4n) is 3.22. The number of rotatable bonds is 3. The third-order valence-electron chi connectivity index (χ3n) is 4.51. The van der Waals surface area contributed by atoms with Crippen molar-refractivity contribution < 1.29 is 9.59 Å². The minimum Gasteiger partial charge on any atom is -0.356 e. The molecule has 1 N–H and O–H groups in total. The highest BCUT2D eigenvalue weighted by Gasteiger charge is 2.39. The summed E-state index contributed by atoms with van der Waals surface area (Å²) >= 11 is 1.53. The Bertz CT molecular complexity index is 706. The average Bonchev–Trinajstić information content (AvgIpc) is 2.98. The van der Waals surface area contributed by atoms with Crippen molar-refractivity contribution in [2.24, 2.45) is 5.41 Å². The zero-order valence-corrected chi connectivity index (χ0v) is 14.4. The Morgan fingerprint density at radius 3 is 2.87 bits per heavy atom. The van der Waals surface area contributed by atoms with Crippen molar-refractivity contribution in [2.75, 3.05) is 19.6 Å². The molecule has 0 saturated carbocycles. The lowest BCUT2D eigenvalue weighted by Crippen LogP contribution is -2.51. The van der Waals surface area contributed by atoms with E-state index < -0.39 is 5.41 Å². The molecule has 1 aromatic heterocycles. The van der Waals surface area contributed by atoms with Gasteiger partial charge in [-0.3, -0.25) is 9.59 Å². The largest absolute Gasteiger partial charge is 0.356 e. The molecule has 5 heteroatoms. The Morgan fingerprint density at radius 1 is 1.35 bits per heavy atom. The number of piperidine rings is 1. The van der Waals surface area contributed by atoms with Gasteiger partial charge in [-0.2, -0.15) is 0 Å². The molecule has 2 amide bonds. The number of likely N-dealkylation sites (tertiary alicyclic amines) is 1. The molecule has 1 saturated heterocycles. The van der Waals surface area contributed by atoms with Gasteiger partial charge in [-0.25, -0.2) is 0 Å². The highest BCUT2D eigenvalue weighted by atomic mass is 32.1. The summed E-state index contributed by atoms with van der Waals surface area (Å²) in [7, 11) is 0. The first kappa shape index (κ1) is 16.0. The van der Waals surface area contributed by atoms with Crippen LogP contribution in [-0.4, -0.2) is 36.3 Å². The predicted octanol–water partition coefficient (Wildman–Crippen LogP) is 3.28. The monoisotopic (exact) mass is 330 g/mol. The highest BCUT2D eigenvalue weighted by molar-refractivity contribution is 7.20. The van der Waals surface area contributed by atoms with Crippen LogP contribution < -0.4 is 5.32 Å². The summed E-state index contributed by atoms with van der Waals surface area (Å²) in [4.78, 5) is 27.8. The van der Waals surface area contributed by atoms with E-state index in [2.05, 4.69) is 5.32 Å². The molecule has 0 radical (unpaired) electrons. The molecule has 3 rings (SSSR count). The fraction of sp³-hybridized carbons (Fsp3) is 0.444. The van der Waals surface area contributed by atoms with Crippen molar-refractivity contribution in [1.29, 1.82) is 0 Å². The Hall–Kier alpha value is -1.88. The summed E-state index contributed by atoms with van der Waals surface area (Å²) in [5.74, 6) is 0.0928. The molecule has 1 fully saturated rings. The third-order valence-corrected chi connectivity index (χ3v) is 5.61. The molecule has 1 unspecified atom stereocenters. The van der Waals surface area contributed by atoms with E-state index in [-0.39, 0.29) is 11.8 Å². The van der Waals surface area contributed by atoms with Gasteiger partial charge < -0.3 is 10.2 Å². The lowest BCUT2D eigenvalue weighted by molar-refractivity contribution is -0.132. The number of fused-ring (bicyclic) bond motifs is 1. The molecule has 2 aromatic rings. The van der Waals surface area contributed by atoms with Gasteiger partial charge in [0.15, 0.2) is 0 Å². The molecular formula is C18H22N2O2S. The van der Waals surface area contributed by atoms with Crippen molar-refractivity contribution >= 4 is 33.2 Å². The van der Waals surface area contributed by atoms with Crippen LogP contribution in [0, 0.1) is 5.41 Å². The minimum atomic E-state index is -0.486.